The molecule has 18 heavy (non-hydrogen) atoms. The number of imidazole rings is 1. The monoisotopic (exact) mass is 241 g/mol. The minimum absolute atomic E-state index is 0.0196. The Hall–Kier alpha value is -2.10. The van der Waals surface area contributed by atoms with E-state index in [2.05, 4.69) is 16.9 Å². The number of nitrogens with one attached hydrogen (secondary N) is 1. The van der Waals surface area contributed by atoms with E-state index in [9.17, 15) is 4.79 Å². The summed E-state index contributed by atoms with van der Waals surface area (Å²) in [5.41, 5.74) is 2.37. The molecule has 0 radical (unpaired) electrons. The lowest BCUT2D eigenvalue weighted by Crippen LogP contribution is -2.20. The van der Waals surface area contributed by atoms with Crippen LogP contribution >= 0.6 is 0 Å². The van der Waals surface area contributed by atoms with Gasteiger partial charge in [-0.05, 0) is 19.4 Å². The summed E-state index contributed by atoms with van der Waals surface area (Å²) in [6.45, 7) is 4.68. The number of hydrogen-bond acceptors (Lipinski definition) is 2. The van der Waals surface area contributed by atoms with Crippen LogP contribution in [0.4, 0.5) is 0 Å². The molecule has 0 aliphatic heterocycles. The van der Waals surface area contributed by atoms with Gasteiger partial charge in [-0.3, -0.25) is 4.79 Å². The molecule has 0 spiro atoms. The molecule has 2 aromatic heterocycles. The Bertz CT molecular complexity index is 783. The Morgan fingerprint density at radius 3 is 2.89 bits per heavy atom. The van der Waals surface area contributed by atoms with Gasteiger partial charge in [0.05, 0.1) is 5.52 Å². The molecule has 0 saturated carbocycles. The number of aryl methyl sites for hydroxylation is 2. The van der Waals surface area contributed by atoms with Gasteiger partial charge in [-0.25, -0.2) is 4.98 Å². The van der Waals surface area contributed by atoms with Crippen molar-refractivity contribution in [2.45, 2.75) is 26.8 Å². The number of para-hydroxylation sites is 1. The van der Waals surface area contributed by atoms with Crippen LogP contribution in [0.15, 0.2) is 29.1 Å². The number of hydrogen-bond donors (Lipinski definition) is 1. The van der Waals surface area contributed by atoms with Gasteiger partial charge in [0.25, 0.3) is 5.56 Å². The van der Waals surface area contributed by atoms with Crippen molar-refractivity contribution in [2.24, 2.45) is 0 Å². The molecule has 2 heterocycles. The SMILES string of the molecule is CCCn1c(=O)c2[nH]c(C)nc2c2ccccc21. The predicted octanol–water partition coefficient (Wildman–Crippen LogP) is 2.60. The van der Waals surface area contributed by atoms with Crippen molar-refractivity contribution in [2.75, 3.05) is 0 Å². The largest absolute Gasteiger partial charge is 0.338 e. The molecular weight excluding hydrogens is 226 g/mol. The lowest BCUT2D eigenvalue weighted by Gasteiger charge is -2.09. The Morgan fingerprint density at radius 2 is 2.11 bits per heavy atom. The maximum Gasteiger partial charge on any atom is 0.277 e. The molecule has 4 nitrogen and oxygen atoms in total. The normalized spacial score (nSPS) is 11.4. The van der Waals surface area contributed by atoms with Gasteiger partial charge in [0.15, 0.2) is 0 Å². The van der Waals surface area contributed by atoms with E-state index in [1.807, 2.05) is 35.8 Å². The molecule has 0 fully saturated rings. The number of fused-ring (bicyclic) bond motifs is 3. The van der Waals surface area contributed by atoms with Gasteiger partial charge in [-0.1, -0.05) is 25.1 Å². The first-order valence-electron chi connectivity index (χ1n) is 6.20. The van der Waals surface area contributed by atoms with Gasteiger partial charge in [0.1, 0.15) is 16.9 Å². The lowest BCUT2D eigenvalue weighted by molar-refractivity contribution is 0.682. The van der Waals surface area contributed by atoms with Crippen LogP contribution in [0.3, 0.4) is 0 Å². The van der Waals surface area contributed by atoms with E-state index in [0.29, 0.717) is 5.52 Å². The number of nitrogens with zero attached hydrogens (tertiary/aromatic N) is 2. The third-order valence-corrected chi connectivity index (χ3v) is 3.18. The van der Waals surface area contributed by atoms with Gasteiger partial charge in [0.2, 0.25) is 0 Å². The zero-order valence-electron chi connectivity index (χ0n) is 10.5. The lowest BCUT2D eigenvalue weighted by atomic mass is 10.2. The average molecular weight is 241 g/mol. The molecule has 0 saturated heterocycles. The van der Waals surface area contributed by atoms with Crippen molar-refractivity contribution >= 4 is 21.9 Å². The Kier molecular flexibility index (Phi) is 2.44. The summed E-state index contributed by atoms with van der Waals surface area (Å²) in [5.74, 6) is 0.779. The van der Waals surface area contributed by atoms with Gasteiger partial charge >= 0.3 is 0 Å². The number of aromatic amines is 1. The molecule has 0 atom stereocenters. The minimum Gasteiger partial charge on any atom is -0.338 e. The Labute approximate surface area is 104 Å². The van der Waals surface area contributed by atoms with E-state index in [1.165, 1.54) is 0 Å². The van der Waals surface area contributed by atoms with Crippen molar-refractivity contribution in [3.05, 3.63) is 40.4 Å². The summed E-state index contributed by atoms with van der Waals surface area (Å²) in [6.07, 6.45) is 0.933. The maximum atomic E-state index is 12.4. The van der Waals surface area contributed by atoms with Crippen LogP contribution < -0.4 is 5.56 Å². The number of aromatic nitrogens is 3. The van der Waals surface area contributed by atoms with Crippen molar-refractivity contribution in [3.63, 3.8) is 0 Å². The highest BCUT2D eigenvalue weighted by Crippen LogP contribution is 2.20. The van der Waals surface area contributed by atoms with Gasteiger partial charge < -0.3 is 9.55 Å². The van der Waals surface area contributed by atoms with E-state index in [1.54, 1.807) is 0 Å². The number of H-pyrrole nitrogens is 1. The molecule has 3 rings (SSSR count). The topological polar surface area (TPSA) is 50.7 Å². The second-order valence-corrected chi connectivity index (χ2v) is 4.52. The number of pyridine rings is 1. The smallest absolute Gasteiger partial charge is 0.277 e. The molecule has 3 aromatic rings. The van der Waals surface area contributed by atoms with Crippen LogP contribution in [0.5, 0.6) is 0 Å². The second-order valence-electron chi connectivity index (χ2n) is 4.52. The highest BCUT2D eigenvalue weighted by molar-refractivity contribution is 6.01. The zero-order chi connectivity index (χ0) is 12.7. The standard InChI is InChI=1S/C14H15N3O/c1-3-8-17-11-7-5-4-6-10(11)12-13(14(17)18)16-9(2)15-12/h4-7H,3,8H2,1-2H3,(H,15,16). The molecule has 4 heteroatoms. The highest BCUT2D eigenvalue weighted by atomic mass is 16.1. The quantitative estimate of drug-likeness (QED) is 0.749. The van der Waals surface area contributed by atoms with Crippen LogP contribution in [-0.4, -0.2) is 14.5 Å². The number of rotatable bonds is 2. The van der Waals surface area contributed by atoms with E-state index in [4.69, 9.17) is 0 Å². The molecule has 0 unspecified atom stereocenters. The fourth-order valence-corrected chi connectivity index (χ4v) is 2.44. The highest BCUT2D eigenvalue weighted by Gasteiger charge is 2.12. The Morgan fingerprint density at radius 1 is 1.33 bits per heavy atom. The third kappa shape index (κ3) is 1.45. The molecule has 1 N–H and O–H groups in total. The molecular formula is C14H15N3O. The first kappa shape index (κ1) is 11.0. The summed E-state index contributed by atoms with van der Waals surface area (Å²) in [6, 6.07) is 7.94. The molecule has 0 aliphatic rings. The van der Waals surface area contributed by atoms with E-state index >= 15 is 0 Å². The van der Waals surface area contributed by atoms with Crippen LogP contribution in [0.1, 0.15) is 19.2 Å². The van der Waals surface area contributed by atoms with Crippen molar-refractivity contribution in [3.8, 4) is 0 Å². The summed E-state index contributed by atoms with van der Waals surface area (Å²) in [7, 11) is 0. The summed E-state index contributed by atoms with van der Waals surface area (Å²) in [5, 5.41) is 1.03. The summed E-state index contributed by atoms with van der Waals surface area (Å²) in [4.78, 5) is 19.9. The van der Waals surface area contributed by atoms with E-state index < -0.39 is 0 Å². The molecule has 0 amide bonds. The number of benzene rings is 1. The first-order valence-corrected chi connectivity index (χ1v) is 6.20. The molecule has 1 aromatic carbocycles. The van der Waals surface area contributed by atoms with E-state index in [0.717, 1.165) is 35.2 Å². The first-order chi connectivity index (χ1) is 8.72. The van der Waals surface area contributed by atoms with Crippen molar-refractivity contribution in [1.82, 2.24) is 14.5 Å². The fraction of sp³-hybridized carbons (Fsp3) is 0.286. The maximum absolute atomic E-state index is 12.4. The van der Waals surface area contributed by atoms with Gasteiger partial charge in [-0.2, -0.15) is 0 Å². The van der Waals surface area contributed by atoms with Crippen LogP contribution in [0.2, 0.25) is 0 Å². The third-order valence-electron chi connectivity index (χ3n) is 3.18. The van der Waals surface area contributed by atoms with Crippen LogP contribution in [0, 0.1) is 6.92 Å². The fourth-order valence-electron chi connectivity index (χ4n) is 2.44. The predicted molar refractivity (Wildman–Crippen MR) is 72.9 cm³/mol. The minimum atomic E-state index is 0.0196. The summed E-state index contributed by atoms with van der Waals surface area (Å²) < 4.78 is 1.83. The Balaban J connectivity index is 2.57. The van der Waals surface area contributed by atoms with Gasteiger partial charge in [0, 0.05) is 11.9 Å². The summed E-state index contributed by atoms with van der Waals surface area (Å²) >= 11 is 0. The zero-order valence-corrected chi connectivity index (χ0v) is 10.5. The van der Waals surface area contributed by atoms with Crippen LogP contribution in [-0.2, 0) is 6.54 Å². The van der Waals surface area contributed by atoms with Crippen molar-refractivity contribution < 1.29 is 0 Å². The van der Waals surface area contributed by atoms with Gasteiger partial charge in [-0.15, -0.1) is 0 Å². The van der Waals surface area contributed by atoms with E-state index in [-0.39, 0.29) is 5.56 Å². The molecule has 92 valence electrons. The van der Waals surface area contributed by atoms with Crippen molar-refractivity contribution in [1.29, 1.82) is 0 Å². The molecule has 0 aliphatic carbocycles. The second kappa shape index (κ2) is 3.98. The average Bonchev–Trinajstić information content (AvgIpc) is 2.77. The molecule has 0 bridgehead atoms. The van der Waals surface area contributed by atoms with Crippen LogP contribution in [0.25, 0.3) is 21.9 Å².